The van der Waals surface area contributed by atoms with Crippen molar-refractivity contribution in [1.82, 2.24) is 0 Å². The van der Waals surface area contributed by atoms with Gasteiger partial charge in [0.15, 0.2) is 0 Å². The lowest BCUT2D eigenvalue weighted by molar-refractivity contribution is 0.919. The quantitative estimate of drug-likeness (QED) is 0.415. The maximum atomic E-state index is 2.40. The molecule has 0 atom stereocenters. The van der Waals surface area contributed by atoms with Crippen LogP contribution in [0.15, 0.2) is 36.5 Å². The van der Waals surface area contributed by atoms with E-state index in [9.17, 15) is 0 Å². The largest absolute Gasteiger partial charge is 0.0877 e. The van der Waals surface area contributed by atoms with Crippen molar-refractivity contribution in [2.75, 3.05) is 0 Å². The summed E-state index contributed by atoms with van der Waals surface area (Å²) in [6, 6.07) is 0. The van der Waals surface area contributed by atoms with Crippen LogP contribution in [-0.2, 0) is 0 Å². The Labute approximate surface area is 111 Å². The monoisotopic (exact) mass is 250 g/mol. The van der Waals surface area contributed by atoms with Gasteiger partial charge in [0, 0.05) is 15.3 Å². The van der Waals surface area contributed by atoms with Crippen LogP contribution in [0, 0.1) is 0 Å². The Kier molecular flexibility index (Phi) is 10.2. The molecule has 17 heavy (non-hydrogen) atoms. The molecule has 0 aliphatic heterocycles. The van der Waals surface area contributed by atoms with Crippen LogP contribution in [0.4, 0.5) is 0 Å². The van der Waals surface area contributed by atoms with Gasteiger partial charge in [-0.1, -0.05) is 76.5 Å². The van der Waals surface area contributed by atoms with Crippen LogP contribution in [0.1, 0.15) is 59.3 Å². The topological polar surface area (TPSA) is 0 Å². The van der Waals surface area contributed by atoms with Crippen molar-refractivity contribution in [2.24, 2.45) is 0 Å². The number of hydrogen-bond donors (Lipinski definition) is 0. The highest BCUT2D eigenvalue weighted by atomic mass is 28.1. The summed E-state index contributed by atoms with van der Waals surface area (Å²) in [5.41, 5.74) is 0. The van der Waals surface area contributed by atoms with E-state index >= 15 is 0 Å². The normalized spacial score (nSPS) is 13.6. The average Bonchev–Trinajstić information content (AvgIpc) is 2.30. The molecule has 98 valence electrons. The summed E-state index contributed by atoms with van der Waals surface area (Å²) in [7, 11) is 1.16. The van der Waals surface area contributed by atoms with Gasteiger partial charge in [-0.2, -0.15) is 0 Å². The molecule has 0 aromatic rings. The Bertz CT molecular complexity index is 207. The van der Waals surface area contributed by atoms with Gasteiger partial charge in [-0.3, -0.25) is 0 Å². The molecular formula is C16H30Si. The molecule has 0 saturated carbocycles. The molecule has 0 N–H and O–H groups in total. The average molecular weight is 251 g/mol. The lowest BCUT2D eigenvalue weighted by atomic mass is 10.0. The van der Waals surface area contributed by atoms with Gasteiger partial charge in [0.1, 0.15) is 0 Å². The molecule has 0 aromatic heterocycles. The van der Waals surface area contributed by atoms with Gasteiger partial charge < -0.3 is 0 Å². The van der Waals surface area contributed by atoms with Crippen molar-refractivity contribution in [1.29, 1.82) is 0 Å². The lowest BCUT2D eigenvalue weighted by Crippen LogP contribution is -2.02. The molecule has 0 spiro atoms. The van der Waals surface area contributed by atoms with Gasteiger partial charge in [0.05, 0.1) is 0 Å². The highest BCUT2D eigenvalue weighted by Crippen LogP contribution is 2.28. The first kappa shape index (κ1) is 16.4. The smallest absolute Gasteiger partial charge is 0.0250 e. The number of rotatable bonds is 9. The van der Waals surface area contributed by atoms with Crippen LogP contribution in [0.5, 0.6) is 0 Å². The summed E-state index contributed by atoms with van der Waals surface area (Å²) >= 11 is 0. The Morgan fingerprint density at radius 1 is 0.706 bits per heavy atom. The van der Waals surface area contributed by atoms with Crippen molar-refractivity contribution in [2.45, 2.75) is 64.3 Å². The highest BCUT2D eigenvalue weighted by molar-refractivity contribution is 6.19. The Hall–Kier alpha value is -0.563. The molecular weight excluding hydrogens is 220 g/mol. The minimum Gasteiger partial charge on any atom is -0.0877 e. The summed E-state index contributed by atoms with van der Waals surface area (Å²) in [6.07, 6.45) is 21.6. The van der Waals surface area contributed by atoms with Gasteiger partial charge in [0.2, 0.25) is 0 Å². The molecule has 0 heterocycles. The van der Waals surface area contributed by atoms with Crippen molar-refractivity contribution in [3.63, 3.8) is 0 Å². The van der Waals surface area contributed by atoms with Gasteiger partial charge in [-0.05, 0) is 19.3 Å². The molecule has 0 saturated heterocycles. The standard InChI is InChI=1S/C16H30Si/c1-4-7-10-13-16(17,14-11-8-5-2)15-12-9-6-3/h10-15H,4-9H2,1-3,17H3/b13-10+,14-11+,15-12+. The van der Waals surface area contributed by atoms with Gasteiger partial charge in [0.25, 0.3) is 0 Å². The van der Waals surface area contributed by atoms with Crippen LogP contribution >= 0.6 is 0 Å². The van der Waals surface area contributed by atoms with E-state index in [1.54, 1.807) is 0 Å². The summed E-state index contributed by atoms with van der Waals surface area (Å²) < 4.78 is 0. The maximum absolute atomic E-state index is 2.40. The zero-order valence-corrected chi connectivity index (χ0v) is 14.2. The van der Waals surface area contributed by atoms with E-state index in [4.69, 9.17) is 0 Å². The first-order chi connectivity index (χ1) is 8.18. The maximum Gasteiger partial charge on any atom is 0.0250 e. The molecule has 0 aliphatic rings. The fourth-order valence-corrected chi connectivity index (χ4v) is 2.39. The first-order valence-corrected chi connectivity index (χ1v) is 8.21. The van der Waals surface area contributed by atoms with Gasteiger partial charge in [-0.25, -0.2) is 0 Å². The molecule has 1 heteroatoms. The predicted octanol–water partition coefficient (Wildman–Crippen LogP) is 4.58. The van der Waals surface area contributed by atoms with Crippen molar-refractivity contribution < 1.29 is 0 Å². The predicted molar refractivity (Wildman–Crippen MR) is 84.8 cm³/mol. The second kappa shape index (κ2) is 10.6. The van der Waals surface area contributed by atoms with Crippen molar-refractivity contribution >= 4 is 10.2 Å². The summed E-state index contributed by atoms with van der Waals surface area (Å²) in [5, 5.41) is 0.250. The van der Waals surface area contributed by atoms with E-state index in [0.717, 1.165) is 10.2 Å². The molecule has 0 rings (SSSR count). The summed E-state index contributed by atoms with van der Waals surface area (Å²) in [5.74, 6) is 0. The van der Waals surface area contributed by atoms with Gasteiger partial charge >= 0.3 is 0 Å². The molecule has 0 bridgehead atoms. The van der Waals surface area contributed by atoms with E-state index < -0.39 is 0 Å². The molecule has 0 radical (unpaired) electrons. The number of unbranched alkanes of at least 4 members (excludes halogenated alkanes) is 3. The summed E-state index contributed by atoms with van der Waals surface area (Å²) in [4.78, 5) is 0. The van der Waals surface area contributed by atoms with Crippen molar-refractivity contribution in [3.8, 4) is 0 Å². The molecule has 0 nitrogen and oxygen atoms in total. The fraction of sp³-hybridized carbons (Fsp3) is 0.625. The lowest BCUT2D eigenvalue weighted by Gasteiger charge is -2.17. The highest BCUT2D eigenvalue weighted by Gasteiger charge is 2.11. The Balaban J connectivity index is 4.55. The van der Waals surface area contributed by atoms with Crippen LogP contribution in [0.25, 0.3) is 0 Å². The minimum absolute atomic E-state index is 0.250. The first-order valence-electron chi connectivity index (χ1n) is 7.21. The van der Waals surface area contributed by atoms with E-state index in [1.165, 1.54) is 38.5 Å². The zero-order valence-electron chi connectivity index (χ0n) is 12.2. The van der Waals surface area contributed by atoms with E-state index in [0.29, 0.717) is 0 Å². The van der Waals surface area contributed by atoms with Crippen molar-refractivity contribution in [3.05, 3.63) is 36.5 Å². The third-order valence-corrected chi connectivity index (χ3v) is 3.80. The van der Waals surface area contributed by atoms with E-state index in [1.807, 2.05) is 0 Å². The third-order valence-electron chi connectivity index (χ3n) is 2.80. The van der Waals surface area contributed by atoms with Crippen LogP contribution < -0.4 is 0 Å². The van der Waals surface area contributed by atoms with Crippen LogP contribution in [0.2, 0.25) is 5.04 Å². The number of allylic oxidation sites excluding steroid dienone is 6. The van der Waals surface area contributed by atoms with E-state index in [-0.39, 0.29) is 5.04 Å². The van der Waals surface area contributed by atoms with Crippen LogP contribution in [0.3, 0.4) is 0 Å². The second-order valence-electron chi connectivity index (χ2n) is 4.94. The molecule has 0 fully saturated rings. The zero-order chi connectivity index (χ0) is 13.0. The molecule has 0 unspecified atom stereocenters. The van der Waals surface area contributed by atoms with Crippen LogP contribution in [-0.4, -0.2) is 10.2 Å². The molecule has 0 amide bonds. The third kappa shape index (κ3) is 9.17. The Morgan fingerprint density at radius 3 is 1.24 bits per heavy atom. The SMILES string of the molecule is CCC/C=C/C([SiH3])(/C=C/CCC)/C=C/CCC. The molecule has 0 aliphatic carbocycles. The van der Waals surface area contributed by atoms with E-state index in [2.05, 4.69) is 57.2 Å². The summed E-state index contributed by atoms with van der Waals surface area (Å²) in [6.45, 7) is 6.71. The minimum atomic E-state index is 0.250. The number of hydrogen-bond acceptors (Lipinski definition) is 0. The Morgan fingerprint density at radius 2 is 1.00 bits per heavy atom. The second-order valence-corrected chi connectivity index (χ2v) is 6.67. The fourth-order valence-electron chi connectivity index (χ4n) is 1.68. The van der Waals surface area contributed by atoms with Gasteiger partial charge in [-0.15, -0.1) is 0 Å². The molecule has 0 aromatic carbocycles.